The molecular weight excluding hydrogens is 274 g/mol. The van der Waals surface area contributed by atoms with Crippen molar-refractivity contribution < 1.29 is 14.7 Å². The van der Waals surface area contributed by atoms with Crippen LogP contribution in [-0.2, 0) is 4.79 Å². The summed E-state index contributed by atoms with van der Waals surface area (Å²) in [7, 11) is 0. The highest BCUT2D eigenvalue weighted by Crippen LogP contribution is 2.33. The summed E-state index contributed by atoms with van der Waals surface area (Å²) in [6, 6.07) is 7.03. The summed E-state index contributed by atoms with van der Waals surface area (Å²) in [5.74, 6) is -0.319. The van der Waals surface area contributed by atoms with Crippen LogP contribution in [0.15, 0.2) is 28.7 Å². The number of imide groups is 1. The Morgan fingerprint density at radius 2 is 2.00 bits per heavy atom. The van der Waals surface area contributed by atoms with E-state index in [0.29, 0.717) is 12.8 Å². The number of rotatable bonds is 1. The van der Waals surface area contributed by atoms with Gasteiger partial charge in [0, 0.05) is 10.9 Å². The van der Waals surface area contributed by atoms with E-state index >= 15 is 0 Å². The van der Waals surface area contributed by atoms with Gasteiger partial charge in [-0.2, -0.15) is 0 Å². The van der Waals surface area contributed by atoms with Gasteiger partial charge in [-0.3, -0.25) is 4.79 Å². The van der Waals surface area contributed by atoms with E-state index in [1.165, 1.54) is 0 Å². The minimum Gasteiger partial charge on any atom is -0.465 e. The maximum Gasteiger partial charge on any atom is 0.414 e. The summed E-state index contributed by atoms with van der Waals surface area (Å²) < 4.78 is 0.933. The van der Waals surface area contributed by atoms with Crippen LogP contribution in [0.5, 0.6) is 0 Å². The molecule has 16 heavy (non-hydrogen) atoms. The third-order valence-corrected chi connectivity index (χ3v) is 3.20. The lowest BCUT2D eigenvalue weighted by atomic mass is 10.1. The van der Waals surface area contributed by atoms with E-state index in [0.717, 1.165) is 14.9 Å². The topological polar surface area (TPSA) is 57.6 Å². The zero-order valence-corrected chi connectivity index (χ0v) is 9.98. The fourth-order valence-corrected chi connectivity index (χ4v) is 2.19. The molecule has 0 saturated carbocycles. The van der Waals surface area contributed by atoms with Gasteiger partial charge in [0.2, 0.25) is 5.91 Å². The average molecular weight is 284 g/mol. The first kappa shape index (κ1) is 11.1. The molecule has 5 heteroatoms. The van der Waals surface area contributed by atoms with Crippen molar-refractivity contribution in [2.45, 2.75) is 18.9 Å². The van der Waals surface area contributed by atoms with Crippen molar-refractivity contribution in [1.82, 2.24) is 4.90 Å². The van der Waals surface area contributed by atoms with Gasteiger partial charge >= 0.3 is 6.09 Å². The van der Waals surface area contributed by atoms with Gasteiger partial charge < -0.3 is 5.11 Å². The lowest BCUT2D eigenvalue weighted by molar-refractivity contribution is -0.126. The zero-order valence-electron chi connectivity index (χ0n) is 8.39. The number of hydrogen-bond donors (Lipinski definition) is 1. The maximum absolute atomic E-state index is 11.4. The van der Waals surface area contributed by atoms with Gasteiger partial charge in [-0.15, -0.1) is 0 Å². The van der Waals surface area contributed by atoms with Gasteiger partial charge in [0.1, 0.15) is 0 Å². The first-order chi connectivity index (χ1) is 7.59. The Hall–Kier alpha value is -1.36. The molecule has 0 unspecified atom stereocenters. The molecule has 2 amide bonds. The van der Waals surface area contributed by atoms with Crippen LogP contribution in [0.4, 0.5) is 4.79 Å². The summed E-state index contributed by atoms with van der Waals surface area (Å²) in [5, 5.41) is 8.97. The number of hydrogen-bond acceptors (Lipinski definition) is 2. The third-order valence-electron chi connectivity index (χ3n) is 2.67. The molecular formula is C11H10BrNO3. The SMILES string of the molecule is O=C(O)N1C(=O)CC[C@@H]1c1ccc(Br)cc1. The molecule has 1 saturated heterocycles. The minimum atomic E-state index is -1.17. The number of amides is 2. The Labute approximate surface area is 101 Å². The second-order valence-electron chi connectivity index (χ2n) is 3.65. The predicted molar refractivity (Wildman–Crippen MR) is 61.0 cm³/mol. The molecule has 1 heterocycles. The molecule has 4 nitrogen and oxygen atoms in total. The molecule has 0 aromatic heterocycles. The van der Waals surface area contributed by atoms with Gasteiger partial charge in [0.15, 0.2) is 0 Å². The van der Waals surface area contributed by atoms with Crippen LogP contribution in [0.1, 0.15) is 24.4 Å². The minimum absolute atomic E-state index is 0.299. The molecule has 0 radical (unpaired) electrons. The number of nitrogens with zero attached hydrogens (tertiary/aromatic N) is 1. The van der Waals surface area contributed by atoms with Crippen LogP contribution >= 0.6 is 15.9 Å². The van der Waals surface area contributed by atoms with Gasteiger partial charge in [-0.25, -0.2) is 9.69 Å². The van der Waals surface area contributed by atoms with E-state index < -0.39 is 6.09 Å². The van der Waals surface area contributed by atoms with Crippen LogP contribution < -0.4 is 0 Å². The Bertz CT molecular complexity index is 429. The fourth-order valence-electron chi connectivity index (χ4n) is 1.92. The Morgan fingerprint density at radius 1 is 1.38 bits per heavy atom. The molecule has 0 aliphatic carbocycles. The summed E-state index contributed by atoms with van der Waals surface area (Å²) >= 11 is 3.31. The fraction of sp³-hybridized carbons (Fsp3) is 0.273. The van der Waals surface area contributed by atoms with E-state index in [1.54, 1.807) is 0 Å². The van der Waals surface area contributed by atoms with Gasteiger partial charge in [0.05, 0.1) is 6.04 Å². The summed E-state index contributed by atoms with van der Waals surface area (Å²) in [5.41, 5.74) is 0.858. The molecule has 1 aromatic carbocycles. The van der Waals surface area contributed by atoms with Crippen LogP contribution in [0.25, 0.3) is 0 Å². The number of carbonyl (C=O) groups is 2. The first-order valence-electron chi connectivity index (χ1n) is 4.90. The standard InChI is InChI=1S/C11H10BrNO3/c12-8-3-1-7(2-4-8)9-5-6-10(14)13(9)11(15)16/h1-4,9H,5-6H2,(H,15,16)/t9-/m1/s1. The molecule has 1 aliphatic heterocycles. The first-order valence-corrected chi connectivity index (χ1v) is 5.69. The van der Waals surface area contributed by atoms with Crippen LogP contribution in [0.2, 0.25) is 0 Å². The highest BCUT2D eigenvalue weighted by molar-refractivity contribution is 9.10. The van der Waals surface area contributed by atoms with E-state index in [-0.39, 0.29) is 11.9 Å². The molecule has 1 N–H and O–H groups in total. The molecule has 1 aromatic rings. The molecule has 2 rings (SSSR count). The van der Waals surface area contributed by atoms with E-state index in [4.69, 9.17) is 5.11 Å². The molecule has 84 valence electrons. The predicted octanol–water partition coefficient (Wildman–Crippen LogP) is 2.79. The Balaban J connectivity index is 2.30. The van der Waals surface area contributed by atoms with Crippen molar-refractivity contribution in [3.63, 3.8) is 0 Å². The normalized spacial score (nSPS) is 20.2. The highest BCUT2D eigenvalue weighted by atomic mass is 79.9. The second kappa shape index (κ2) is 4.25. The van der Waals surface area contributed by atoms with Crippen molar-refractivity contribution in [2.75, 3.05) is 0 Å². The lowest BCUT2D eigenvalue weighted by Crippen LogP contribution is -2.32. The number of likely N-dealkylation sites (tertiary alicyclic amines) is 1. The van der Waals surface area contributed by atoms with Crippen LogP contribution in [0, 0.1) is 0 Å². The highest BCUT2D eigenvalue weighted by Gasteiger charge is 2.36. The third kappa shape index (κ3) is 1.95. The van der Waals surface area contributed by atoms with Crippen molar-refractivity contribution in [3.8, 4) is 0 Å². The van der Waals surface area contributed by atoms with Crippen molar-refractivity contribution in [1.29, 1.82) is 0 Å². The van der Waals surface area contributed by atoms with Crippen molar-refractivity contribution >= 4 is 27.9 Å². The average Bonchev–Trinajstić information content (AvgIpc) is 2.61. The maximum atomic E-state index is 11.4. The van der Waals surface area contributed by atoms with Crippen LogP contribution in [0.3, 0.4) is 0 Å². The lowest BCUT2D eigenvalue weighted by Gasteiger charge is -2.19. The van der Waals surface area contributed by atoms with Gasteiger partial charge in [-0.1, -0.05) is 28.1 Å². The monoisotopic (exact) mass is 283 g/mol. The van der Waals surface area contributed by atoms with E-state index in [2.05, 4.69) is 15.9 Å². The molecule has 1 atom stereocenters. The van der Waals surface area contributed by atoms with Gasteiger partial charge in [-0.05, 0) is 24.1 Å². The largest absolute Gasteiger partial charge is 0.465 e. The smallest absolute Gasteiger partial charge is 0.414 e. The summed E-state index contributed by atoms with van der Waals surface area (Å²) in [4.78, 5) is 23.3. The van der Waals surface area contributed by atoms with Crippen molar-refractivity contribution in [3.05, 3.63) is 34.3 Å². The number of carboxylic acid groups (broad SMARTS) is 1. The van der Waals surface area contributed by atoms with Crippen molar-refractivity contribution in [2.24, 2.45) is 0 Å². The molecule has 1 fully saturated rings. The number of halogens is 1. The number of benzene rings is 1. The van der Waals surface area contributed by atoms with E-state index in [9.17, 15) is 9.59 Å². The summed E-state index contributed by atoms with van der Waals surface area (Å²) in [6.45, 7) is 0. The second-order valence-corrected chi connectivity index (χ2v) is 4.57. The quantitative estimate of drug-likeness (QED) is 0.862. The van der Waals surface area contributed by atoms with E-state index in [1.807, 2.05) is 24.3 Å². The Morgan fingerprint density at radius 3 is 2.56 bits per heavy atom. The molecule has 0 bridgehead atoms. The molecule has 1 aliphatic rings. The summed E-state index contributed by atoms with van der Waals surface area (Å²) in [6.07, 6.45) is -0.310. The zero-order chi connectivity index (χ0) is 11.7. The molecule has 0 spiro atoms. The van der Waals surface area contributed by atoms with Gasteiger partial charge in [0.25, 0.3) is 0 Å². The number of carbonyl (C=O) groups excluding carboxylic acids is 1. The Kier molecular flexibility index (Phi) is 2.96. The van der Waals surface area contributed by atoms with Crippen LogP contribution in [-0.4, -0.2) is 22.0 Å².